The van der Waals surface area contributed by atoms with Crippen molar-refractivity contribution in [1.82, 2.24) is 10.6 Å². The maximum absolute atomic E-state index is 13.3. The second-order valence-corrected chi connectivity index (χ2v) is 15.0. The van der Waals surface area contributed by atoms with Gasteiger partial charge < -0.3 is 10.6 Å². The summed E-state index contributed by atoms with van der Waals surface area (Å²) in [6, 6.07) is 17.0. The van der Waals surface area contributed by atoms with Gasteiger partial charge in [-0.05, 0) is 74.0 Å². The first kappa shape index (κ1) is 38.6. The molecule has 0 spiro atoms. The van der Waals surface area contributed by atoms with Crippen molar-refractivity contribution < 1.29 is 44.7 Å². The highest BCUT2D eigenvalue weighted by molar-refractivity contribution is 5.84. The fourth-order valence-corrected chi connectivity index (χ4v) is 6.72. The van der Waals surface area contributed by atoms with Crippen molar-refractivity contribution in [2.45, 2.75) is 128 Å². The number of hydrogen-bond acceptors (Lipinski definition) is 2. The van der Waals surface area contributed by atoms with Crippen LogP contribution in [0.4, 0.5) is 35.1 Å². The molecular weight excluding hydrogens is 656 g/mol. The van der Waals surface area contributed by atoms with E-state index >= 15 is 0 Å². The second kappa shape index (κ2) is 14.6. The van der Waals surface area contributed by atoms with E-state index in [2.05, 4.69) is 10.6 Å². The third-order valence-electron chi connectivity index (χ3n) is 10.7. The van der Waals surface area contributed by atoms with Crippen molar-refractivity contribution >= 4 is 11.8 Å². The van der Waals surface area contributed by atoms with Crippen molar-refractivity contribution in [2.24, 2.45) is 16.2 Å². The molecular formula is C37H46F8N2O2. The molecule has 1 atom stereocenters. The molecule has 4 aliphatic carbocycles. The highest BCUT2D eigenvalue weighted by Crippen LogP contribution is 2.52. The van der Waals surface area contributed by atoms with Crippen molar-refractivity contribution in [3.05, 3.63) is 71.8 Å². The lowest BCUT2D eigenvalue weighted by Gasteiger charge is -2.41. The number of carbonyl (C=O) groups excluding carboxylic acids is 2. The Hall–Kier alpha value is -3.18. The van der Waals surface area contributed by atoms with Crippen LogP contribution in [0.2, 0.25) is 0 Å². The number of nitrogens with one attached hydrogen (secondary N) is 2. The lowest BCUT2D eigenvalue weighted by molar-refractivity contribution is -0.220. The Morgan fingerprint density at radius 3 is 1.57 bits per heavy atom. The number of rotatable bonds is 5. The molecule has 4 aliphatic rings. The van der Waals surface area contributed by atoms with Crippen molar-refractivity contribution in [1.29, 1.82) is 0 Å². The van der Waals surface area contributed by atoms with E-state index in [-0.39, 0.29) is 67.8 Å². The molecule has 6 rings (SSSR count). The molecule has 4 nitrogen and oxygen atoms in total. The molecule has 2 N–H and O–H groups in total. The molecule has 0 saturated heterocycles. The molecule has 2 aromatic carbocycles. The Labute approximate surface area is 282 Å². The van der Waals surface area contributed by atoms with Gasteiger partial charge in [-0.3, -0.25) is 9.59 Å². The Morgan fingerprint density at radius 2 is 1.16 bits per heavy atom. The third kappa shape index (κ3) is 9.75. The summed E-state index contributed by atoms with van der Waals surface area (Å²) in [6.07, 6.45) is -6.03. The highest BCUT2D eigenvalue weighted by atomic mass is 19.4. The third-order valence-corrected chi connectivity index (χ3v) is 10.7. The van der Waals surface area contributed by atoms with Crippen LogP contribution in [-0.2, 0) is 15.8 Å². The standard InChI is InChI=1S/C19H22F5NO.C12H18F3NO.C6H6/c1-17(6-8-18(20,21)9-7-17)16(26)25-15-10-13(11-15)12-2-4-14(5-3-12)19(22,23)24;1-10(2)7-8(10)16-9(17)11(12(13,14)15)5-3-4-6-11;1-2-4-6-5-3-1/h2-5,13,15H,6-11H2,1H3,(H,25,26);8H,3-7H2,1-2H3,(H,16,17);1-6H. The van der Waals surface area contributed by atoms with Gasteiger partial charge in [0.15, 0.2) is 0 Å². The monoisotopic (exact) mass is 702 g/mol. The molecule has 49 heavy (non-hydrogen) atoms. The molecule has 0 radical (unpaired) electrons. The summed E-state index contributed by atoms with van der Waals surface area (Å²) in [6.45, 7) is 5.63. The van der Waals surface area contributed by atoms with Gasteiger partial charge in [-0.2, -0.15) is 26.3 Å². The van der Waals surface area contributed by atoms with Gasteiger partial charge in [0, 0.05) is 30.3 Å². The van der Waals surface area contributed by atoms with E-state index in [0.717, 1.165) is 24.1 Å². The van der Waals surface area contributed by atoms with Crippen molar-refractivity contribution in [3.8, 4) is 0 Å². The summed E-state index contributed by atoms with van der Waals surface area (Å²) in [7, 11) is 0. The Morgan fingerprint density at radius 1 is 0.694 bits per heavy atom. The van der Waals surface area contributed by atoms with E-state index in [4.69, 9.17) is 0 Å². The Bertz CT molecular complexity index is 1360. The summed E-state index contributed by atoms with van der Waals surface area (Å²) in [4.78, 5) is 24.4. The Balaban J connectivity index is 0.000000200. The van der Waals surface area contributed by atoms with E-state index in [1.165, 1.54) is 12.1 Å². The molecule has 1 unspecified atom stereocenters. The van der Waals surface area contributed by atoms with Crippen LogP contribution in [0.3, 0.4) is 0 Å². The first-order valence-electron chi connectivity index (χ1n) is 16.9. The zero-order chi connectivity index (χ0) is 36.3. The summed E-state index contributed by atoms with van der Waals surface area (Å²) >= 11 is 0. The van der Waals surface area contributed by atoms with Gasteiger partial charge in [0.1, 0.15) is 5.41 Å². The fourth-order valence-electron chi connectivity index (χ4n) is 6.72. The SMILES string of the molecule is CC1(C(=O)NC2CC(c3ccc(C(F)(F)F)cc3)C2)CCC(F)(F)CC1.CC1(C)CC1NC(=O)C1(C(F)(F)F)CCCC1.c1ccccc1. The van der Waals surface area contributed by atoms with Crippen molar-refractivity contribution in [2.75, 3.05) is 0 Å². The molecule has 12 heteroatoms. The summed E-state index contributed by atoms with van der Waals surface area (Å²) in [5, 5.41) is 5.50. The minimum Gasteiger partial charge on any atom is -0.353 e. The van der Waals surface area contributed by atoms with Crippen LogP contribution in [-0.4, -0.2) is 36.0 Å². The van der Waals surface area contributed by atoms with Gasteiger partial charge in [0.25, 0.3) is 0 Å². The second-order valence-electron chi connectivity index (χ2n) is 15.0. The number of halogens is 8. The number of amides is 2. The van der Waals surface area contributed by atoms with E-state index in [9.17, 15) is 44.7 Å². The number of benzene rings is 2. The first-order chi connectivity index (χ1) is 22.7. The van der Waals surface area contributed by atoms with Crippen LogP contribution in [0.15, 0.2) is 60.7 Å². The average molecular weight is 703 g/mol. The minimum absolute atomic E-state index is 0.0406. The van der Waals surface area contributed by atoms with Crippen LogP contribution in [0.25, 0.3) is 0 Å². The molecule has 0 heterocycles. The fraction of sp³-hybridized carbons (Fsp3) is 0.622. The van der Waals surface area contributed by atoms with Crippen LogP contribution in [0, 0.1) is 16.2 Å². The predicted molar refractivity (Wildman–Crippen MR) is 171 cm³/mol. The van der Waals surface area contributed by atoms with Gasteiger partial charge in [0.2, 0.25) is 17.7 Å². The van der Waals surface area contributed by atoms with E-state index in [1.54, 1.807) is 6.92 Å². The maximum atomic E-state index is 13.3. The van der Waals surface area contributed by atoms with Gasteiger partial charge >= 0.3 is 12.4 Å². The molecule has 0 aromatic heterocycles. The number of alkyl halides is 8. The smallest absolute Gasteiger partial charge is 0.353 e. The van der Waals surface area contributed by atoms with Crippen LogP contribution in [0.5, 0.6) is 0 Å². The normalized spacial score (nSPS) is 26.0. The number of hydrogen-bond donors (Lipinski definition) is 2. The summed E-state index contributed by atoms with van der Waals surface area (Å²) in [5.74, 6) is -3.56. The molecule has 2 aromatic rings. The van der Waals surface area contributed by atoms with Crippen molar-refractivity contribution in [3.63, 3.8) is 0 Å². The molecule has 0 aliphatic heterocycles. The summed E-state index contributed by atoms with van der Waals surface area (Å²) in [5.41, 5.74) is -2.77. The van der Waals surface area contributed by atoms with Gasteiger partial charge in [0.05, 0.1) is 5.56 Å². The van der Waals surface area contributed by atoms with E-state index in [1.807, 2.05) is 50.2 Å². The molecule has 4 fully saturated rings. The molecule has 2 amide bonds. The lowest BCUT2D eigenvalue weighted by atomic mass is 9.72. The van der Waals surface area contributed by atoms with E-state index < -0.39 is 40.6 Å². The predicted octanol–water partition coefficient (Wildman–Crippen LogP) is 9.99. The Kier molecular flexibility index (Phi) is 11.5. The highest BCUT2D eigenvalue weighted by Gasteiger charge is 2.62. The van der Waals surface area contributed by atoms with Gasteiger partial charge in [-0.1, -0.05) is 82.1 Å². The first-order valence-corrected chi connectivity index (χ1v) is 16.9. The van der Waals surface area contributed by atoms with E-state index in [0.29, 0.717) is 25.7 Å². The minimum atomic E-state index is -4.42. The topological polar surface area (TPSA) is 58.2 Å². The van der Waals surface area contributed by atoms with Crippen LogP contribution in [0.1, 0.15) is 108 Å². The molecule has 272 valence electrons. The van der Waals surface area contributed by atoms with Crippen LogP contribution >= 0.6 is 0 Å². The zero-order valence-corrected chi connectivity index (χ0v) is 28.1. The summed E-state index contributed by atoms with van der Waals surface area (Å²) < 4.78 is 104. The molecule has 4 saturated carbocycles. The van der Waals surface area contributed by atoms with Gasteiger partial charge in [-0.15, -0.1) is 0 Å². The quantitative estimate of drug-likeness (QED) is 0.305. The average Bonchev–Trinajstić information content (AvgIpc) is 3.36. The van der Waals surface area contributed by atoms with Crippen LogP contribution < -0.4 is 10.6 Å². The molecule has 0 bridgehead atoms. The maximum Gasteiger partial charge on any atom is 0.416 e. The largest absolute Gasteiger partial charge is 0.416 e. The zero-order valence-electron chi connectivity index (χ0n) is 28.1. The number of carbonyl (C=O) groups is 2. The lowest BCUT2D eigenvalue weighted by Crippen LogP contribution is -2.50. The van der Waals surface area contributed by atoms with Gasteiger partial charge in [-0.25, -0.2) is 8.78 Å².